The summed E-state index contributed by atoms with van der Waals surface area (Å²) in [4.78, 5) is 4.50. The van der Waals surface area contributed by atoms with Gasteiger partial charge in [-0.05, 0) is 59.0 Å². The Kier molecular flexibility index (Phi) is 3.16. The second kappa shape index (κ2) is 4.61. The number of halogens is 1. The zero-order chi connectivity index (χ0) is 11.0. The van der Waals surface area contributed by atoms with Gasteiger partial charge in [0, 0.05) is 0 Å². The number of hydrogen-bond acceptors (Lipinski definition) is 2. The standard InChI is InChI=1S/C13H14INS/c14-13-15-11-7-6-10(8-12(11)16-13)9-4-2-1-3-5-9/h6-9H,1-5H2. The van der Waals surface area contributed by atoms with Crippen LogP contribution in [0.15, 0.2) is 18.2 Å². The Hall–Kier alpha value is -0.160. The molecule has 0 N–H and O–H groups in total. The highest BCUT2D eigenvalue weighted by atomic mass is 127. The zero-order valence-corrected chi connectivity index (χ0v) is 12.1. The summed E-state index contributed by atoms with van der Waals surface area (Å²) in [6, 6.07) is 6.84. The van der Waals surface area contributed by atoms with Crippen molar-refractivity contribution in [3.63, 3.8) is 0 Å². The average molecular weight is 343 g/mol. The molecule has 1 aromatic heterocycles. The Morgan fingerprint density at radius 2 is 2.00 bits per heavy atom. The maximum absolute atomic E-state index is 4.50. The summed E-state index contributed by atoms with van der Waals surface area (Å²) in [5.74, 6) is 0.804. The number of benzene rings is 1. The van der Waals surface area contributed by atoms with Crippen LogP contribution >= 0.6 is 33.9 Å². The molecule has 0 bridgehead atoms. The van der Waals surface area contributed by atoms with Gasteiger partial charge in [-0.3, -0.25) is 0 Å². The van der Waals surface area contributed by atoms with Crippen LogP contribution in [-0.4, -0.2) is 4.98 Å². The van der Waals surface area contributed by atoms with Gasteiger partial charge in [0.05, 0.1) is 10.2 Å². The molecule has 1 aromatic carbocycles. The second-order valence-electron chi connectivity index (χ2n) is 4.53. The van der Waals surface area contributed by atoms with Crippen molar-refractivity contribution in [1.82, 2.24) is 4.98 Å². The monoisotopic (exact) mass is 343 g/mol. The number of nitrogens with zero attached hydrogens (tertiary/aromatic N) is 1. The Morgan fingerprint density at radius 1 is 1.19 bits per heavy atom. The summed E-state index contributed by atoms with van der Waals surface area (Å²) >= 11 is 4.11. The Bertz CT molecular complexity index is 500. The molecule has 1 heterocycles. The lowest BCUT2D eigenvalue weighted by molar-refractivity contribution is 0.444. The number of rotatable bonds is 1. The molecule has 84 valence electrons. The van der Waals surface area contributed by atoms with Crippen molar-refractivity contribution in [2.45, 2.75) is 38.0 Å². The van der Waals surface area contributed by atoms with Gasteiger partial charge in [0.15, 0.2) is 3.01 Å². The summed E-state index contributed by atoms with van der Waals surface area (Å²) in [6.45, 7) is 0. The molecule has 0 atom stereocenters. The van der Waals surface area contributed by atoms with Crippen LogP contribution < -0.4 is 0 Å². The summed E-state index contributed by atoms with van der Waals surface area (Å²) in [6.07, 6.45) is 6.99. The molecule has 3 heteroatoms. The van der Waals surface area contributed by atoms with E-state index >= 15 is 0 Å². The van der Waals surface area contributed by atoms with E-state index in [9.17, 15) is 0 Å². The van der Waals surface area contributed by atoms with E-state index in [0.717, 1.165) is 14.4 Å². The van der Waals surface area contributed by atoms with E-state index in [2.05, 4.69) is 45.8 Å². The zero-order valence-electron chi connectivity index (χ0n) is 9.08. The first-order chi connectivity index (χ1) is 7.83. The molecule has 0 unspecified atom stereocenters. The van der Waals surface area contributed by atoms with Gasteiger partial charge in [-0.1, -0.05) is 25.3 Å². The molecule has 16 heavy (non-hydrogen) atoms. The molecule has 0 amide bonds. The van der Waals surface area contributed by atoms with Crippen molar-refractivity contribution >= 4 is 44.1 Å². The van der Waals surface area contributed by atoms with E-state index < -0.39 is 0 Å². The highest BCUT2D eigenvalue weighted by Crippen LogP contribution is 2.35. The molecule has 0 spiro atoms. The normalized spacial score (nSPS) is 18.1. The molecule has 0 saturated heterocycles. The van der Waals surface area contributed by atoms with Crippen LogP contribution in [0.25, 0.3) is 10.2 Å². The Morgan fingerprint density at radius 3 is 2.81 bits per heavy atom. The van der Waals surface area contributed by atoms with Crippen LogP contribution in [-0.2, 0) is 0 Å². The molecule has 1 nitrogen and oxygen atoms in total. The molecule has 1 aliphatic carbocycles. The number of aromatic nitrogens is 1. The Balaban J connectivity index is 1.97. The fourth-order valence-electron chi connectivity index (χ4n) is 2.60. The maximum Gasteiger partial charge on any atom is 0.155 e. The first-order valence-electron chi connectivity index (χ1n) is 5.89. The second-order valence-corrected chi connectivity index (χ2v) is 7.31. The largest absolute Gasteiger partial charge is 0.230 e. The van der Waals surface area contributed by atoms with E-state index in [1.165, 1.54) is 42.4 Å². The topological polar surface area (TPSA) is 12.9 Å². The Labute approximate surface area is 113 Å². The summed E-state index contributed by atoms with van der Waals surface area (Å²) in [7, 11) is 0. The summed E-state index contributed by atoms with van der Waals surface area (Å²) in [5.41, 5.74) is 2.70. The average Bonchev–Trinajstić information content (AvgIpc) is 2.69. The van der Waals surface area contributed by atoms with Gasteiger partial charge in [0.2, 0.25) is 0 Å². The van der Waals surface area contributed by atoms with Crippen molar-refractivity contribution in [2.24, 2.45) is 0 Å². The molecular formula is C13H14INS. The third kappa shape index (κ3) is 2.12. The summed E-state index contributed by atoms with van der Waals surface area (Å²) in [5, 5.41) is 0. The third-order valence-corrected chi connectivity index (χ3v) is 5.17. The van der Waals surface area contributed by atoms with E-state index in [-0.39, 0.29) is 0 Å². The smallest absolute Gasteiger partial charge is 0.155 e. The molecule has 1 saturated carbocycles. The molecular weight excluding hydrogens is 329 g/mol. The first kappa shape index (κ1) is 11.0. The van der Waals surface area contributed by atoms with Crippen molar-refractivity contribution in [3.8, 4) is 0 Å². The van der Waals surface area contributed by atoms with Gasteiger partial charge < -0.3 is 0 Å². The van der Waals surface area contributed by atoms with Gasteiger partial charge >= 0.3 is 0 Å². The van der Waals surface area contributed by atoms with E-state index in [4.69, 9.17) is 0 Å². The van der Waals surface area contributed by atoms with Gasteiger partial charge in [-0.25, -0.2) is 4.98 Å². The van der Waals surface area contributed by atoms with Crippen LogP contribution in [0, 0.1) is 3.01 Å². The third-order valence-electron chi connectivity index (χ3n) is 3.46. The lowest BCUT2D eigenvalue weighted by Gasteiger charge is -2.21. The number of fused-ring (bicyclic) bond motifs is 1. The molecule has 1 aliphatic rings. The SMILES string of the molecule is Ic1nc2ccc(C3CCCCC3)cc2s1. The molecule has 2 aromatic rings. The molecule has 1 fully saturated rings. The van der Waals surface area contributed by atoms with Crippen molar-refractivity contribution < 1.29 is 0 Å². The predicted octanol–water partition coefficient (Wildman–Crippen LogP) is 4.95. The minimum atomic E-state index is 0.804. The molecule has 0 aliphatic heterocycles. The van der Waals surface area contributed by atoms with Gasteiger partial charge in [-0.2, -0.15) is 0 Å². The number of thiazole rings is 1. The van der Waals surface area contributed by atoms with Gasteiger partial charge in [0.1, 0.15) is 0 Å². The quantitative estimate of drug-likeness (QED) is 0.668. The molecule has 0 radical (unpaired) electrons. The van der Waals surface area contributed by atoms with Gasteiger partial charge in [0.25, 0.3) is 0 Å². The van der Waals surface area contributed by atoms with E-state index in [0.29, 0.717) is 0 Å². The van der Waals surface area contributed by atoms with Crippen LogP contribution in [0.5, 0.6) is 0 Å². The van der Waals surface area contributed by atoms with E-state index in [1.54, 1.807) is 11.3 Å². The van der Waals surface area contributed by atoms with Crippen molar-refractivity contribution in [3.05, 3.63) is 26.8 Å². The summed E-state index contributed by atoms with van der Waals surface area (Å²) < 4.78 is 2.50. The fraction of sp³-hybridized carbons (Fsp3) is 0.462. The van der Waals surface area contributed by atoms with E-state index in [1.807, 2.05) is 0 Å². The van der Waals surface area contributed by atoms with Crippen LogP contribution in [0.3, 0.4) is 0 Å². The molecule has 3 rings (SSSR count). The lowest BCUT2D eigenvalue weighted by Crippen LogP contribution is -2.03. The first-order valence-corrected chi connectivity index (χ1v) is 7.78. The highest BCUT2D eigenvalue weighted by molar-refractivity contribution is 14.1. The van der Waals surface area contributed by atoms with Crippen LogP contribution in [0.1, 0.15) is 43.6 Å². The minimum Gasteiger partial charge on any atom is -0.230 e. The predicted molar refractivity (Wildman–Crippen MR) is 78.2 cm³/mol. The lowest BCUT2D eigenvalue weighted by atomic mass is 9.84. The van der Waals surface area contributed by atoms with Crippen molar-refractivity contribution in [2.75, 3.05) is 0 Å². The van der Waals surface area contributed by atoms with Gasteiger partial charge in [-0.15, -0.1) is 11.3 Å². The highest BCUT2D eigenvalue weighted by Gasteiger charge is 2.16. The minimum absolute atomic E-state index is 0.804. The fourth-order valence-corrected chi connectivity index (χ4v) is 4.31. The van der Waals surface area contributed by atoms with Crippen LogP contribution in [0.2, 0.25) is 0 Å². The van der Waals surface area contributed by atoms with Crippen molar-refractivity contribution in [1.29, 1.82) is 0 Å². The number of hydrogen-bond donors (Lipinski definition) is 0. The maximum atomic E-state index is 4.50. The van der Waals surface area contributed by atoms with Crippen LogP contribution in [0.4, 0.5) is 0 Å².